The maximum Gasteiger partial charge on any atom is 0.433 e. The molecule has 1 aliphatic heterocycles. The number of aromatic nitrogens is 2. The zero-order chi connectivity index (χ0) is 22.2. The zero-order valence-electron chi connectivity index (χ0n) is 15.2. The lowest BCUT2D eigenvalue weighted by atomic mass is 10.2. The van der Waals surface area contributed by atoms with Crippen LogP contribution in [0.15, 0.2) is 24.5 Å². The molecule has 2 heterocycles. The lowest BCUT2D eigenvalue weighted by Crippen LogP contribution is -2.43. The number of urea groups is 1. The Morgan fingerprint density at radius 3 is 2.67 bits per heavy atom. The molecule has 0 spiro atoms. The van der Waals surface area contributed by atoms with Crippen LogP contribution in [0, 0.1) is 11.6 Å². The van der Waals surface area contributed by atoms with Gasteiger partial charge in [0.1, 0.15) is 23.9 Å². The number of likely N-dealkylation sites (N-methyl/N-ethyl adjacent to an activating group) is 1. The molecule has 0 radical (unpaired) electrons. The van der Waals surface area contributed by atoms with Crippen molar-refractivity contribution in [1.82, 2.24) is 20.2 Å². The molecule has 7 nitrogen and oxygen atoms in total. The molecular weight excluding hydrogens is 437 g/mol. The Morgan fingerprint density at radius 1 is 1.30 bits per heavy atom. The Bertz CT molecular complexity index is 1000. The first kappa shape index (κ1) is 21.7. The summed E-state index contributed by atoms with van der Waals surface area (Å²) < 4.78 is 65.2. The molecule has 13 heteroatoms. The predicted molar refractivity (Wildman–Crippen MR) is 94.5 cm³/mol. The summed E-state index contributed by atoms with van der Waals surface area (Å²) in [5, 5.41) is 1.95. The monoisotopic (exact) mass is 449 g/mol. The number of anilines is 1. The van der Waals surface area contributed by atoms with Gasteiger partial charge in [-0.1, -0.05) is 17.7 Å². The maximum atomic E-state index is 13.5. The van der Waals surface area contributed by atoms with Gasteiger partial charge in [0.25, 0.3) is 0 Å². The van der Waals surface area contributed by atoms with Crippen LogP contribution in [0.3, 0.4) is 0 Å². The molecule has 0 saturated carbocycles. The van der Waals surface area contributed by atoms with Gasteiger partial charge in [-0.15, -0.1) is 0 Å². The SMILES string of the molecule is CN1C(=O)N(c2cc(C(F)(F)F)ncn2)C[C@H]1C(=O)NCc1ccc(F)c(F)c1Cl. The smallest absolute Gasteiger partial charge is 0.350 e. The normalized spacial score (nSPS) is 16.9. The molecule has 1 aromatic carbocycles. The van der Waals surface area contributed by atoms with Gasteiger partial charge in [0.05, 0.1) is 11.6 Å². The van der Waals surface area contributed by atoms with Gasteiger partial charge >= 0.3 is 12.2 Å². The average molecular weight is 450 g/mol. The number of hydrogen-bond donors (Lipinski definition) is 1. The largest absolute Gasteiger partial charge is 0.433 e. The van der Waals surface area contributed by atoms with E-state index in [0.29, 0.717) is 12.4 Å². The van der Waals surface area contributed by atoms with Crippen LogP contribution < -0.4 is 10.2 Å². The average Bonchev–Trinajstić information content (AvgIpc) is 3.00. The molecule has 0 bridgehead atoms. The van der Waals surface area contributed by atoms with Crippen LogP contribution in [0.2, 0.25) is 5.02 Å². The zero-order valence-corrected chi connectivity index (χ0v) is 15.9. The van der Waals surface area contributed by atoms with Crippen LogP contribution in [0.25, 0.3) is 0 Å². The van der Waals surface area contributed by atoms with Crippen molar-refractivity contribution >= 4 is 29.4 Å². The van der Waals surface area contributed by atoms with Crippen LogP contribution >= 0.6 is 11.6 Å². The molecule has 3 amide bonds. The molecule has 0 unspecified atom stereocenters. The summed E-state index contributed by atoms with van der Waals surface area (Å²) in [7, 11) is 1.29. The Hall–Kier alpha value is -3.02. The van der Waals surface area contributed by atoms with E-state index < -0.39 is 46.5 Å². The van der Waals surface area contributed by atoms with E-state index in [4.69, 9.17) is 11.6 Å². The Morgan fingerprint density at radius 2 is 2.00 bits per heavy atom. The molecule has 2 aromatic rings. The summed E-state index contributed by atoms with van der Waals surface area (Å²) in [5.41, 5.74) is -1.12. The highest BCUT2D eigenvalue weighted by molar-refractivity contribution is 6.31. The number of amides is 3. The van der Waals surface area contributed by atoms with E-state index >= 15 is 0 Å². The Balaban J connectivity index is 1.73. The van der Waals surface area contributed by atoms with E-state index in [9.17, 15) is 31.5 Å². The van der Waals surface area contributed by atoms with Crippen molar-refractivity contribution in [3.8, 4) is 0 Å². The van der Waals surface area contributed by atoms with Crippen molar-refractivity contribution in [2.45, 2.75) is 18.8 Å². The van der Waals surface area contributed by atoms with Crippen LogP contribution in [-0.2, 0) is 17.5 Å². The van der Waals surface area contributed by atoms with Crippen LogP contribution in [0.5, 0.6) is 0 Å². The highest BCUT2D eigenvalue weighted by Gasteiger charge is 2.41. The van der Waals surface area contributed by atoms with Gasteiger partial charge < -0.3 is 10.2 Å². The second kappa shape index (κ2) is 8.01. The third-order valence-corrected chi connectivity index (χ3v) is 4.85. The third-order valence-electron chi connectivity index (χ3n) is 4.45. The first-order chi connectivity index (χ1) is 14.0. The molecule has 1 saturated heterocycles. The molecule has 1 N–H and O–H groups in total. The summed E-state index contributed by atoms with van der Waals surface area (Å²) >= 11 is 5.70. The molecule has 160 valence electrons. The lowest BCUT2D eigenvalue weighted by molar-refractivity contribution is -0.141. The Kier molecular flexibility index (Phi) is 5.79. The Labute approximate surface area is 171 Å². The van der Waals surface area contributed by atoms with Crippen LogP contribution in [-0.4, -0.2) is 46.4 Å². The predicted octanol–water partition coefficient (Wildman–Crippen LogP) is 2.98. The van der Waals surface area contributed by atoms with Crippen molar-refractivity contribution in [1.29, 1.82) is 0 Å². The molecular formula is C17H13ClF5N5O2. The topological polar surface area (TPSA) is 78.4 Å². The molecule has 0 aliphatic carbocycles. The summed E-state index contributed by atoms with van der Waals surface area (Å²) in [4.78, 5) is 33.6. The lowest BCUT2D eigenvalue weighted by Gasteiger charge is -2.17. The molecule has 3 rings (SSSR count). The van der Waals surface area contributed by atoms with Crippen molar-refractivity contribution in [3.05, 3.63) is 52.4 Å². The minimum absolute atomic E-state index is 0.110. The fraction of sp³-hybridized carbons (Fsp3) is 0.294. The van der Waals surface area contributed by atoms with Crippen molar-refractivity contribution < 1.29 is 31.5 Å². The number of rotatable bonds is 4. The van der Waals surface area contributed by atoms with E-state index in [1.807, 2.05) is 0 Å². The van der Waals surface area contributed by atoms with Crippen molar-refractivity contribution in [3.63, 3.8) is 0 Å². The number of alkyl halides is 3. The van der Waals surface area contributed by atoms with Gasteiger partial charge in [-0.05, 0) is 11.6 Å². The highest BCUT2D eigenvalue weighted by Crippen LogP contribution is 2.30. The molecule has 1 aliphatic rings. The first-order valence-corrected chi connectivity index (χ1v) is 8.72. The second-order valence-electron chi connectivity index (χ2n) is 6.33. The molecule has 1 atom stereocenters. The van der Waals surface area contributed by atoms with Gasteiger partial charge in [0.2, 0.25) is 5.91 Å². The highest BCUT2D eigenvalue weighted by atomic mass is 35.5. The third kappa shape index (κ3) is 4.13. The number of nitrogens with zero attached hydrogens (tertiary/aromatic N) is 4. The van der Waals surface area contributed by atoms with E-state index in [2.05, 4.69) is 15.3 Å². The fourth-order valence-corrected chi connectivity index (χ4v) is 3.02. The number of carbonyl (C=O) groups is 2. The van der Waals surface area contributed by atoms with Gasteiger partial charge in [-0.25, -0.2) is 23.5 Å². The minimum atomic E-state index is -4.73. The fourth-order valence-electron chi connectivity index (χ4n) is 2.80. The van der Waals surface area contributed by atoms with Crippen molar-refractivity contribution in [2.24, 2.45) is 0 Å². The second-order valence-corrected chi connectivity index (χ2v) is 6.71. The number of benzene rings is 1. The maximum absolute atomic E-state index is 13.5. The van der Waals surface area contributed by atoms with E-state index in [-0.39, 0.29) is 24.5 Å². The number of hydrogen-bond acceptors (Lipinski definition) is 4. The van der Waals surface area contributed by atoms with Gasteiger partial charge in [-0.3, -0.25) is 9.69 Å². The van der Waals surface area contributed by atoms with Crippen LogP contribution in [0.1, 0.15) is 11.3 Å². The summed E-state index contributed by atoms with van der Waals surface area (Å²) in [6.07, 6.45) is -4.06. The van der Waals surface area contributed by atoms with Gasteiger partial charge in [0.15, 0.2) is 11.6 Å². The summed E-state index contributed by atoms with van der Waals surface area (Å²) in [5.74, 6) is -3.38. The van der Waals surface area contributed by atoms with Gasteiger partial charge in [0, 0.05) is 19.7 Å². The summed E-state index contributed by atoms with van der Waals surface area (Å²) in [6, 6.07) is 0.839. The number of nitrogens with one attached hydrogen (secondary N) is 1. The molecule has 1 aromatic heterocycles. The minimum Gasteiger partial charge on any atom is -0.350 e. The van der Waals surface area contributed by atoms with E-state index in [1.54, 1.807) is 0 Å². The molecule has 30 heavy (non-hydrogen) atoms. The van der Waals surface area contributed by atoms with Crippen molar-refractivity contribution in [2.75, 3.05) is 18.5 Å². The standard InChI is InChI=1S/C17H13ClF5N5O2/c1-27-10(15(29)24-5-8-2-3-9(19)14(20)13(8)18)6-28(16(27)30)12-4-11(17(21,22)23)25-7-26-12/h2-4,7,10H,5-6H2,1H3,(H,24,29)/t10-/m0/s1. The molecule has 1 fully saturated rings. The number of halogens is 6. The number of carbonyl (C=O) groups excluding carboxylic acids is 2. The van der Waals surface area contributed by atoms with Crippen LogP contribution in [0.4, 0.5) is 32.6 Å². The first-order valence-electron chi connectivity index (χ1n) is 8.34. The summed E-state index contributed by atoms with van der Waals surface area (Å²) in [6.45, 7) is -0.528. The quantitative estimate of drug-likeness (QED) is 0.575. The van der Waals surface area contributed by atoms with E-state index in [0.717, 1.165) is 15.9 Å². The van der Waals surface area contributed by atoms with Gasteiger partial charge in [-0.2, -0.15) is 13.2 Å². The van der Waals surface area contributed by atoms with E-state index in [1.165, 1.54) is 13.1 Å².